The van der Waals surface area contributed by atoms with Crippen LogP contribution in [-0.2, 0) is 35.2 Å². The van der Waals surface area contributed by atoms with E-state index in [1.807, 2.05) is 39.5 Å². The standard InChI is InChI=1S/C34H51N7O12S/c35-25-54-28-6-4-26(5-7-28)2-1-3-27(41(23-33(50)51)24-34(52)53)18-37-13-15-38(19-29(42)43)11-8-36(9-12-39(16-14-37)20-30(44)45)10-17-40(21-31(46)47)22-32(48)49/h4-7,27H,1-3,8-24H2,(H,42,43)(H,44,45)(H,46,47)(H,48,49)(H,50,51)(H,52,53). The Labute approximate surface area is 317 Å². The summed E-state index contributed by atoms with van der Waals surface area (Å²) in [4.78, 5) is 80.8. The smallest absolute Gasteiger partial charge is 0.317 e. The fourth-order valence-electron chi connectivity index (χ4n) is 6.23. The molecule has 19 nitrogen and oxygen atoms in total. The Kier molecular flexibility index (Phi) is 21.1. The molecule has 1 saturated heterocycles. The van der Waals surface area contributed by atoms with Gasteiger partial charge in [-0.15, -0.1) is 0 Å². The van der Waals surface area contributed by atoms with Crippen molar-refractivity contribution in [2.45, 2.75) is 30.2 Å². The number of aryl methyl sites for hydroxylation is 1. The first-order valence-electron chi connectivity index (χ1n) is 17.4. The fraction of sp³-hybridized carbons (Fsp3) is 0.618. The summed E-state index contributed by atoms with van der Waals surface area (Å²) in [6.45, 7) is 0.318. The van der Waals surface area contributed by atoms with Gasteiger partial charge in [0, 0.05) is 82.9 Å². The molecule has 0 amide bonds. The molecule has 0 radical (unpaired) electrons. The molecule has 1 unspecified atom stereocenters. The summed E-state index contributed by atoms with van der Waals surface area (Å²) in [5.41, 5.74) is 0.990. The molecule has 1 heterocycles. The summed E-state index contributed by atoms with van der Waals surface area (Å²) in [6.07, 6.45) is 1.63. The van der Waals surface area contributed by atoms with Crippen LogP contribution in [0.1, 0.15) is 18.4 Å². The highest BCUT2D eigenvalue weighted by molar-refractivity contribution is 8.03. The van der Waals surface area contributed by atoms with Crippen molar-refractivity contribution < 1.29 is 59.4 Å². The first kappa shape index (κ1) is 45.8. The van der Waals surface area contributed by atoms with Gasteiger partial charge in [-0.3, -0.25) is 58.2 Å². The van der Waals surface area contributed by atoms with Crippen molar-refractivity contribution in [2.75, 3.05) is 111 Å². The Hall–Kier alpha value is -4.36. The van der Waals surface area contributed by atoms with Crippen LogP contribution in [0.15, 0.2) is 29.2 Å². The molecule has 54 heavy (non-hydrogen) atoms. The van der Waals surface area contributed by atoms with Crippen LogP contribution >= 0.6 is 11.8 Å². The summed E-state index contributed by atoms with van der Waals surface area (Å²) >= 11 is 1.04. The second-order valence-electron chi connectivity index (χ2n) is 13.1. The van der Waals surface area contributed by atoms with E-state index in [4.69, 9.17) is 5.26 Å². The van der Waals surface area contributed by atoms with E-state index < -0.39 is 68.0 Å². The summed E-state index contributed by atoms with van der Waals surface area (Å²) < 4.78 is 0. The lowest BCUT2D eigenvalue weighted by molar-refractivity contribution is -0.144. The number of rotatable bonds is 23. The van der Waals surface area contributed by atoms with Crippen LogP contribution in [0.2, 0.25) is 0 Å². The molecule has 0 aliphatic carbocycles. The van der Waals surface area contributed by atoms with E-state index in [9.17, 15) is 59.4 Å². The molecule has 6 N–H and O–H groups in total. The lowest BCUT2D eigenvalue weighted by atomic mass is 10.0. The second kappa shape index (κ2) is 24.9. The molecule has 1 aliphatic rings. The Morgan fingerprint density at radius 3 is 1.52 bits per heavy atom. The van der Waals surface area contributed by atoms with Gasteiger partial charge in [-0.05, 0) is 48.7 Å². The van der Waals surface area contributed by atoms with Crippen molar-refractivity contribution in [3.8, 4) is 5.40 Å². The average Bonchev–Trinajstić information content (AvgIpc) is 3.06. The predicted molar refractivity (Wildman–Crippen MR) is 194 cm³/mol. The minimum atomic E-state index is -1.20. The summed E-state index contributed by atoms with van der Waals surface area (Å²) in [5, 5.41) is 68.1. The monoisotopic (exact) mass is 781 g/mol. The topological polar surface area (TPSA) is 267 Å². The fourth-order valence-corrected chi connectivity index (χ4v) is 6.61. The maximum atomic E-state index is 11.9. The number of hydrogen-bond acceptors (Lipinski definition) is 14. The highest BCUT2D eigenvalue weighted by Gasteiger charge is 2.27. The molecular formula is C34H51N7O12S. The Morgan fingerprint density at radius 2 is 1.09 bits per heavy atom. The highest BCUT2D eigenvalue weighted by atomic mass is 32.2. The van der Waals surface area contributed by atoms with Crippen LogP contribution in [0, 0.1) is 10.7 Å². The van der Waals surface area contributed by atoms with Gasteiger partial charge in [0.1, 0.15) is 5.40 Å². The van der Waals surface area contributed by atoms with Gasteiger partial charge in [0.25, 0.3) is 0 Å². The van der Waals surface area contributed by atoms with Crippen LogP contribution in [-0.4, -0.2) is 213 Å². The van der Waals surface area contributed by atoms with Gasteiger partial charge in [0.05, 0.1) is 39.3 Å². The van der Waals surface area contributed by atoms with Gasteiger partial charge in [-0.1, -0.05) is 12.1 Å². The van der Waals surface area contributed by atoms with Gasteiger partial charge in [0.15, 0.2) is 0 Å². The zero-order chi connectivity index (χ0) is 40.0. The number of thioether (sulfide) groups is 1. The lowest BCUT2D eigenvalue weighted by Gasteiger charge is -2.37. The number of nitriles is 1. The summed E-state index contributed by atoms with van der Waals surface area (Å²) in [6, 6.07) is 6.92. The number of aliphatic carboxylic acids is 6. The van der Waals surface area contributed by atoms with Gasteiger partial charge < -0.3 is 30.6 Å². The van der Waals surface area contributed by atoms with Crippen LogP contribution < -0.4 is 0 Å². The third kappa shape index (κ3) is 20.2. The number of carbonyl (C=O) groups is 6. The van der Waals surface area contributed by atoms with E-state index in [0.717, 1.165) is 22.2 Å². The number of benzene rings is 1. The number of hydrogen-bond donors (Lipinski definition) is 6. The minimum absolute atomic E-state index is 0.0976. The van der Waals surface area contributed by atoms with E-state index in [1.165, 1.54) is 9.80 Å². The van der Waals surface area contributed by atoms with E-state index in [2.05, 4.69) is 0 Å². The molecule has 300 valence electrons. The Morgan fingerprint density at radius 1 is 0.648 bits per heavy atom. The molecule has 0 aromatic heterocycles. The van der Waals surface area contributed by atoms with Gasteiger partial charge >= 0.3 is 35.8 Å². The lowest BCUT2D eigenvalue weighted by Crippen LogP contribution is -2.52. The number of carboxylic acids is 6. The molecule has 1 fully saturated rings. The third-order valence-corrected chi connectivity index (χ3v) is 9.45. The summed E-state index contributed by atoms with van der Waals surface area (Å²) in [5.74, 6) is -6.89. The van der Waals surface area contributed by atoms with Crippen LogP contribution in [0.25, 0.3) is 0 Å². The molecule has 1 aromatic carbocycles. The summed E-state index contributed by atoms with van der Waals surface area (Å²) in [7, 11) is 0. The SMILES string of the molecule is N#CSc1ccc(CCCC(CN2CCN(CC(=O)O)CCN(CCN(CC(=O)O)CC(=O)O)CCN(CC(=O)O)CC2)N(CC(=O)O)CC(=O)O)cc1. The molecule has 0 bridgehead atoms. The van der Waals surface area contributed by atoms with E-state index in [0.29, 0.717) is 45.4 Å². The largest absolute Gasteiger partial charge is 0.480 e. The molecule has 1 aromatic rings. The molecule has 2 rings (SSSR count). The molecule has 0 spiro atoms. The van der Waals surface area contributed by atoms with Crippen molar-refractivity contribution >= 4 is 47.6 Å². The zero-order valence-electron chi connectivity index (χ0n) is 30.2. The molecule has 0 saturated carbocycles. The van der Waals surface area contributed by atoms with Crippen molar-refractivity contribution in [2.24, 2.45) is 0 Å². The quantitative estimate of drug-likeness (QED) is 0.0591. The second-order valence-corrected chi connectivity index (χ2v) is 13.9. The van der Waals surface area contributed by atoms with Gasteiger partial charge in [0.2, 0.25) is 0 Å². The first-order valence-corrected chi connectivity index (χ1v) is 18.3. The van der Waals surface area contributed by atoms with E-state index >= 15 is 0 Å². The number of thiocyanates is 1. The minimum Gasteiger partial charge on any atom is -0.480 e. The highest BCUT2D eigenvalue weighted by Crippen LogP contribution is 2.19. The normalized spacial score (nSPS) is 16.2. The van der Waals surface area contributed by atoms with Crippen molar-refractivity contribution in [1.82, 2.24) is 29.4 Å². The predicted octanol–water partition coefficient (Wildman–Crippen LogP) is -0.716. The zero-order valence-corrected chi connectivity index (χ0v) is 31.0. The van der Waals surface area contributed by atoms with E-state index in [1.54, 1.807) is 9.80 Å². The average molecular weight is 782 g/mol. The maximum Gasteiger partial charge on any atom is 0.317 e. The Balaban J connectivity index is 2.32. The first-order chi connectivity index (χ1) is 25.6. The maximum absolute atomic E-state index is 11.9. The van der Waals surface area contributed by atoms with E-state index in [-0.39, 0.29) is 58.9 Å². The number of nitrogens with zero attached hydrogens (tertiary/aromatic N) is 7. The Bertz CT molecular complexity index is 1370. The van der Waals surface area contributed by atoms with Gasteiger partial charge in [-0.25, -0.2) is 0 Å². The van der Waals surface area contributed by atoms with Crippen molar-refractivity contribution in [3.63, 3.8) is 0 Å². The van der Waals surface area contributed by atoms with Crippen molar-refractivity contribution in [1.29, 1.82) is 5.26 Å². The third-order valence-electron chi connectivity index (χ3n) is 8.85. The van der Waals surface area contributed by atoms with Crippen LogP contribution in [0.4, 0.5) is 0 Å². The molecule has 20 heteroatoms. The number of carboxylic acid groups (broad SMARTS) is 6. The van der Waals surface area contributed by atoms with Crippen LogP contribution in [0.5, 0.6) is 0 Å². The van der Waals surface area contributed by atoms with Crippen LogP contribution in [0.3, 0.4) is 0 Å². The van der Waals surface area contributed by atoms with Gasteiger partial charge in [-0.2, -0.15) is 5.26 Å². The van der Waals surface area contributed by atoms with Crippen molar-refractivity contribution in [3.05, 3.63) is 29.8 Å². The molecular weight excluding hydrogens is 730 g/mol. The molecule has 1 atom stereocenters. The molecule has 1 aliphatic heterocycles.